The minimum absolute atomic E-state index is 0.369. The molecule has 1 amide bonds. The minimum Gasteiger partial charge on any atom is -0.410 e. The standard InChI is InChI=1S/C9H9BrClNO2/c10-7-2-1-3-8(6-7)14-9(13)12-5-4-11/h1-3,6H,4-5H2,(H,12,13). The third-order valence-electron chi connectivity index (χ3n) is 1.37. The second-order valence-electron chi connectivity index (χ2n) is 2.46. The van der Waals surface area contributed by atoms with Crippen molar-refractivity contribution in [2.24, 2.45) is 0 Å². The lowest BCUT2D eigenvalue weighted by atomic mass is 10.3. The molecular formula is C9H9BrClNO2. The topological polar surface area (TPSA) is 38.3 Å². The largest absolute Gasteiger partial charge is 0.412 e. The molecule has 0 spiro atoms. The van der Waals surface area contributed by atoms with E-state index in [1.807, 2.05) is 6.07 Å². The zero-order chi connectivity index (χ0) is 10.4. The van der Waals surface area contributed by atoms with Gasteiger partial charge in [-0.2, -0.15) is 0 Å². The van der Waals surface area contributed by atoms with E-state index in [0.717, 1.165) is 4.47 Å². The minimum atomic E-state index is -0.497. The van der Waals surface area contributed by atoms with E-state index in [4.69, 9.17) is 16.3 Å². The summed E-state index contributed by atoms with van der Waals surface area (Å²) in [7, 11) is 0. The Morgan fingerprint density at radius 3 is 3.00 bits per heavy atom. The second-order valence-corrected chi connectivity index (χ2v) is 3.76. The zero-order valence-electron chi connectivity index (χ0n) is 7.30. The van der Waals surface area contributed by atoms with Crippen molar-refractivity contribution < 1.29 is 9.53 Å². The highest BCUT2D eigenvalue weighted by atomic mass is 79.9. The predicted molar refractivity (Wildman–Crippen MR) is 58.9 cm³/mol. The van der Waals surface area contributed by atoms with Crippen LogP contribution >= 0.6 is 27.5 Å². The molecule has 5 heteroatoms. The fourth-order valence-corrected chi connectivity index (χ4v) is 1.30. The van der Waals surface area contributed by atoms with Crippen molar-refractivity contribution in [2.75, 3.05) is 12.4 Å². The number of amides is 1. The Kier molecular flexibility index (Phi) is 4.76. The molecule has 0 atom stereocenters. The first kappa shape index (κ1) is 11.3. The van der Waals surface area contributed by atoms with Crippen molar-refractivity contribution >= 4 is 33.6 Å². The highest BCUT2D eigenvalue weighted by Gasteiger charge is 2.02. The van der Waals surface area contributed by atoms with Gasteiger partial charge in [0.25, 0.3) is 0 Å². The number of hydrogen-bond acceptors (Lipinski definition) is 2. The highest BCUT2D eigenvalue weighted by molar-refractivity contribution is 9.10. The van der Waals surface area contributed by atoms with E-state index >= 15 is 0 Å². The molecule has 1 aromatic rings. The van der Waals surface area contributed by atoms with Crippen LogP contribution in [0.5, 0.6) is 5.75 Å². The molecule has 1 N–H and O–H groups in total. The number of carbonyl (C=O) groups is 1. The van der Waals surface area contributed by atoms with Crippen molar-refractivity contribution in [1.29, 1.82) is 0 Å². The van der Waals surface area contributed by atoms with Gasteiger partial charge in [-0.25, -0.2) is 4.79 Å². The van der Waals surface area contributed by atoms with Crippen LogP contribution in [-0.4, -0.2) is 18.5 Å². The van der Waals surface area contributed by atoms with Gasteiger partial charge in [0.2, 0.25) is 0 Å². The second kappa shape index (κ2) is 5.88. The van der Waals surface area contributed by atoms with Gasteiger partial charge in [0.05, 0.1) is 0 Å². The van der Waals surface area contributed by atoms with Gasteiger partial charge < -0.3 is 10.1 Å². The number of ether oxygens (including phenoxy) is 1. The molecule has 3 nitrogen and oxygen atoms in total. The number of alkyl halides is 1. The quantitative estimate of drug-likeness (QED) is 0.864. The fraction of sp³-hybridized carbons (Fsp3) is 0.222. The molecule has 0 aliphatic rings. The maximum absolute atomic E-state index is 11.1. The van der Waals surface area contributed by atoms with Crippen LogP contribution in [0.1, 0.15) is 0 Å². The Balaban J connectivity index is 2.47. The first-order valence-corrected chi connectivity index (χ1v) is 5.32. The Bertz CT molecular complexity index is 319. The lowest BCUT2D eigenvalue weighted by molar-refractivity contribution is 0.201. The Morgan fingerprint density at radius 2 is 2.36 bits per heavy atom. The Hall–Kier alpha value is -0.740. The molecule has 0 aromatic heterocycles. The summed E-state index contributed by atoms with van der Waals surface area (Å²) in [5.74, 6) is 0.861. The normalized spacial score (nSPS) is 9.57. The van der Waals surface area contributed by atoms with E-state index in [1.165, 1.54) is 0 Å². The summed E-state index contributed by atoms with van der Waals surface area (Å²) in [5.41, 5.74) is 0. The smallest absolute Gasteiger partial charge is 0.410 e. The summed E-state index contributed by atoms with van der Waals surface area (Å²) >= 11 is 8.67. The van der Waals surface area contributed by atoms with Crippen molar-refractivity contribution in [2.45, 2.75) is 0 Å². The average molecular weight is 279 g/mol. The molecule has 0 bridgehead atoms. The molecular weight excluding hydrogens is 269 g/mol. The molecule has 0 aliphatic heterocycles. The van der Waals surface area contributed by atoms with E-state index in [0.29, 0.717) is 18.2 Å². The van der Waals surface area contributed by atoms with E-state index in [9.17, 15) is 4.79 Å². The summed E-state index contributed by atoms with van der Waals surface area (Å²) < 4.78 is 5.82. The van der Waals surface area contributed by atoms with Gasteiger partial charge in [0.15, 0.2) is 0 Å². The highest BCUT2D eigenvalue weighted by Crippen LogP contribution is 2.17. The molecule has 1 aromatic carbocycles. The first-order chi connectivity index (χ1) is 6.72. The van der Waals surface area contributed by atoms with Crippen LogP contribution in [-0.2, 0) is 0 Å². The monoisotopic (exact) mass is 277 g/mol. The Morgan fingerprint density at radius 1 is 1.57 bits per heavy atom. The number of carbonyl (C=O) groups excluding carboxylic acids is 1. The van der Waals surface area contributed by atoms with Crippen molar-refractivity contribution in [3.05, 3.63) is 28.7 Å². The van der Waals surface area contributed by atoms with Gasteiger partial charge in [0, 0.05) is 16.9 Å². The molecule has 0 saturated carbocycles. The lowest BCUT2D eigenvalue weighted by Crippen LogP contribution is -2.28. The number of nitrogens with one attached hydrogen (secondary N) is 1. The van der Waals surface area contributed by atoms with Crippen LogP contribution in [0.25, 0.3) is 0 Å². The number of hydrogen-bond donors (Lipinski definition) is 1. The van der Waals surface area contributed by atoms with E-state index < -0.39 is 6.09 Å². The SMILES string of the molecule is O=C(NCCCl)Oc1cccc(Br)c1. The molecule has 0 radical (unpaired) electrons. The molecule has 0 aliphatic carbocycles. The van der Waals surface area contributed by atoms with Gasteiger partial charge in [-0.3, -0.25) is 0 Å². The third kappa shape index (κ3) is 3.98. The predicted octanol–water partition coefficient (Wildman–Crippen LogP) is 2.78. The summed E-state index contributed by atoms with van der Waals surface area (Å²) in [6.07, 6.45) is -0.497. The van der Waals surface area contributed by atoms with Crippen molar-refractivity contribution in [1.82, 2.24) is 5.32 Å². The van der Waals surface area contributed by atoms with Gasteiger partial charge in [0.1, 0.15) is 5.75 Å². The summed E-state index contributed by atoms with van der Waals surface area (Å²) in [4.78, 5) is 11.1. The van der Waals surface area contributed by atoms with Crippen LogP contribution < -0.4 is 10.1 Å². The molecule has 14 heavy (non-hydrogen) atoms. The molecule has 1 rings (SSSR count). The van der Waals surface area contributed by atoms with Gasteiger partial charge in [-0.15, -0.1) is 11.6 Å². The molecule has 0 saturated heterocycles. The fourth-order valence-electron chi connectivity index (χ4n) is 0.823. The van der Waals surface area contributed by atoms with Crippen LogP contribution in [0, 0.1) is 0 Å². The number of halogens is 2. The lowest BCUT2D eigenvalue weighted by Gasteiger charge is -2.04. The molecule has 76 valence electrons. The van der Waals surface area contributed by atoms with E-state index in [-0.39, 0.29) is 0 Å². The first-order valence-electron chi connectivity index (χ1n) is 3.99. The van der Waals surface area contributed by atoms with E-state index in [1.54, 1.807) is 18.2 Å². The zero-order valence-corrected chi connectivity index (χ0v) is 9.64. The number of rotatable bonds is 3. The van der Waals surface area contributed by atoms with Crippen LogP contribution in [0.3, 0.4) is 0 Å². The molecule has 0 unspecified atom stereocenters. The average Bonchev–Trinajstić information content (AvgIpc) is 2.15. The Labute approximate surface area is 95.5 Å². The van der Waals surface area contributed by atoms with Crippen LogP contribution in [0.2, 0.25) is 0 Å². The van der Waals surface area contributed by atoms with Gasteiger partial charge >= 0.3 is 6.09 Å². The summed E-state index contributed by atoms with van der Waals surface area (Å²) in [6.45, 7) is 0.397. The van der Waals surface area contributed by atoms with Crippen LogP contribution in [0.15, 0.2) is 28.7 Å². The summed E-state index contributed by atoms with van der Waals surface area (Å²) in [6, 6.07) is 7.04. The maximum Gasteiger partial charge on any atom is 0.412 e. The molecule has 0 heterocycles. The maximum atomic E-state index is 11.1. The molecule has 0 fully saturated rings. The van der Waals surface area contributed by atoms with Crippen molar-refractivity contribution in [3.63, 3.8) is 0 Å². The van der Waals surface area contributed by atoms with Crippen molar-refractivity contribution in [3.8, 4) is 5.75 Å². The summed E-state index contributed by atoms with van der Waals surface area (Å²) in [5, 5.41) is 2.49. The van der Waals surface area contributed by atoms with Gasteiger partial charge in [-0.05, 0) is 18.2 Å². The third-order valence-corrected chi connectivity index (χ3v) is 2.05. The van der Waals surface area contributed by atoms with Crippen LogP contribution in [0.4, 0.5) is 4.79 Å². The number of benzene rings is 1. The van der Waals surface area contributed by atoms with E-state index in [2.05, 4.69) is 21.2 Å². The van der Waals surface area contributed by atoms with Gasteiger partial charge in [-0.1, -0.05) is 22.0 Å².